The molecule has 0 aliphatic heterocycles. The zero-order valence-electron chi connectivity index (χ0n) is 11.6. The second-order valence-corrected chi connectivity index (χ2v) is 4.81. The molecule has 0 atom stereocenters. The standard InChI is InChI=1S/C17H31/c1-3-5-7-9-11-13-15-17-16-14-12-10-8-6-4-2/h3,16-17H,1-2,4-15H2/b17-16+. The third kappa shape index (κ3) is 15.5. The van der Waals surface area contributed by atoms with Gasteiger partial charge in [-0.1, -0.05) is 63.7 Å². The molecular weight excluding hydrogens is 204 g/mol. The van der Waals surface area contributed by atoms with Gasteiger partial charge in [0.25, 0.3) is 0 Å². The lowest BCUT2D eigenvalue weighted by Crippen LogP contribution is -1.77. The van der Waals surface area contributed by atoms with Crippen molar-refractivity contribution in [2.75, 3.05) is 0 Å². The second kappa shape index (κ2) is 15.5. The van der Waals surface area contributed by atoms with Gasteiger partial charge in [-0.25, -0.2) is 0 Å². The molecule has 0 rings (SSSR count). The van der Waals surface area contributed by atoms with Gasteiger partial charge in [0.05, 0.1) is 0 Å². The van der Waals surface area contributed by atoms with Crippen LogP contribution in [0.2, 0.25) is 0 Å². The van der Waals surface area contributed by atoms with Crippen LogP contribution in [0.1, 0.15) is 77.0 Å². The van der Waals surface area contributed by atoms with E-state index >= 15 is 0 Å². The Morgan fingerprint density at radius 3 is 1.53 bits per heavy atom. The van der Waals surface area contributed by atoms with Crippen LogP contribution >= 0.6 is 0 Å². The number of hydrogen-bond acceptors (Lipinski definition) is 0. The zero-order chi connectivity index (χ0) is 12.6. The predicted molar refractivity (Wildman–Crippen MR) is 80.1 cm³/mol. The van der Waals surface area contributed by atoms with Gasteiger partial charge in [0.2, 0.25) is 0 Å². The maximum absolute atomic E-state index is 3.86. The molecule has 0 N–H and O–H groups in total. The van der Waals surface area contributed by atoms with Gasteiger partial charge in [-0.15, -0.1) is 6.58 Å². The molecule has 0 aromatic heterocycles. The molecule has 0 amide bonds. The molecule has 0 fully saturated rings. The summed E-state index contributed by atoms with van der Waals surface area (Å²) in [6.45, 7) is 7.60. The third-order valence-electron chi connectivity index (χ3n) is 3.07. The number of allylic oxidation sites excluding steroid dienone is 3. The van der Waals surface area contributed by atoms with Gasteiger partial charge in [-0.2, -0.15) is 0 Å². The lowest BCUT2D eigenvalue weighted by Gasteiger charge is -1.97. The Hall–Kier alpha value is -0.520. The fourth-order valence-electron chi connectivity index (χ4n) is 1.93. The van der Waals surface area contributed by atoms with E-state index in [9.17, 15) is 0 Å². The molecule has 0 saturated heterocycles. The van der Waals surface area contributed by atoms with Crippen LogP contribution in [0.3, 0.4) is 0 Å². The first kappa shape index (κ1) is 16.5. The Kier molecular flexibility index (Phi) is 15.0. The third-order valence-corrected chi connectivity index (χ3v) is 3.07. The number of rotatable bonds is 13. The maximum atomic E-state index is 3.86. The highest BCUT2D eigenvalue weighted by molar-refractivity contribution is 4.81. The monoisotopic (exact) mass is 235 g/mol. The van der Waals surface area contributed by atoms with Crippen LogP contribution in [0, 0.1) is 6.92 Å². The highest BCUT2D eigenvalue weighted by atomic mass is 13.9. The van der Waals surface area contributed by atoms with E-state index in [-0.39, 0.29) is 0 Å². The van der Waals surface area contributed by atoms with Crippen LogP contribution < -0.4 is 0 Å². The summed E-state index contributed by atoms with van der Waals surface area (Å²) in [6, 6.07) is 0. The summed E-state index contributed by atoms with van der Waals surface area (Å²) in [6.07, 6.45) is 22.4. The SMILES string of the molecule is [CH2]CCCCCC/C=C/CCCCCCC=C. The van der Waals surface area contributed by atoms with Crippen molar-refractivity contribution in [2.24, 2.45) is 0 Å². The van der Waals surface area contributed by atoms with Crippen molar-refractivity contribution >= 4 is 0 Å². The number of hydrogen-bond donors (Lipinski definition) is 0. The summed E-state index contributed by atoms with van der Waals surface area (Å²) in [5.74, 6) is 0. The highest BCUT2D eigenvalue weighted by Crippen LogP contribution is 2.08. The average molecular weight is 235 g/mol. The smallest absolute Gasteiger partial charge is 0.0351 e. The van der Waals surface area contributed by atoms with Crippen LogP contribution in [-0.4, -0.2) is 0 Å². The molecule has 0 spiro atoms. The molecule has 0 nitrogen and oxygen atoms in total. The van der Waals surface area contributed by atoms with Crippen LogP contribution in [0.4, 0.5) is 0 Å². The van der Waals surface area contributed by atoms with E-state index in [1.165, 1.54) is 70.6 Å². The predicted octanol–water partition coefficient (Wildman–Crippen LogP) is 6.24. The van der Waals surface area contributed by atoms with Crippen molar-refractivity contribution in [3.05, 3.63) is 31.7 Å². The molecule has 0 aliphatic rings. The largest absolute Gasteiger partial charge is 0.103 e. The fraction of sp³-hybridized carbons (Fsp3) is 0.706. The first-order valence-corrected chi connectivity index (χ1v) is 7.47. The molecule has 1 radical (unpaired) electrons. The summed E-state index contributed by atoms with van der Waals surface area (Å²) in [5.41, 5.74) is 0. The molecule has 0 heteroatoms. The molecule has 0 unspecified atom stereocenters. The average Bonchev–Trinajstić information content (AvgIpc) is 2.35. The molecule has 17 heavy (non-hydrogen) atoms. The molecule has 99 valence electrons. The number of unbranched alkanes of at least 4 members (excludes halogenated alkanes) is 10. The topological polar surface area (TPSA) is 0 Å². The van der Waals surface area contributed by atoms with Crippen molar-refractivity contribution in [1.29, 1.82) is 0 Å². The van der Waals surface area contributed by atoms with Gasteiger partial charge >= 0.3 is 0 Å². The second-order valence-electron chi connectivity index (χ2n) is 4.81. The molecule has 0 heterocycles. The molecule has 0 aromatic rings. The maximum Gasteiger partial charge on any atom is -0.0351 e. The Balaban J connectivity index is 3.01. The minimum Gasteiger partial charge on any atom is -0.103 e. The first-order chi connectivity index (χ1) is 8.41. The Morgan fingerprint density at radius 1 is 0.588 bits per heavy atom. The first-order valence-electron chi connectivity index (χ1n) is 7.47. The Labute approximate surface area is 109 Å². The Bertz CT molecular complexity index is 167. The summed E-state index contributed by atoms with van der Waals surface area (Å²) < 4.78 is 0. The van der Waals surface area contributed by atoms with E-state index in [0.717, 1.165) is 6.42 Å². The summed E-state index contributed by atoms with van der Waals surface area (Å²) in [4.78, 5) is 0. The zero-order valence-corrected chi connectivity index (χ0v) is 11.6. The minimum absolute atomic E-state index is 1.10. The quantitative estimate of drug-likeness (QED) is 0.262. The fourth-order valence-corrected chi connectivity index (χ4v) is 1.93. The minimum atomic E-state index is 1.10. The lowest BCUT2D eigenvalue weighted by atomic mass is 10.1. The van der Waals surface area contributed by atoms with Gasteiger partial charge in [-0.05, 0) is 38.5 Å². The molecule has 0 bridgehead atoms. The van der Waals surface area contributed by atoms with Gasteiger partial charge in [-0.3, -0.25) is 0 Å². The summed E-state index contributed by atoms with van der Waals surface area (Å²) in [7, 11) is 0. The summed E-state index contributed by atoms with van der Waals surface area (Å²) in [5, 5.41) is 0. The molecule has 0 saturated carbocycles. The van der Waals surface area contributed by atoms with Crippen molar-refractivity contribution in [1.82, 2.24) is 0 Å². The van der Waals surface area contributed by atoms with E-state index in [2.05, 4.69) is 25.7 Å². The molecular formula is C17H31. The van der Waals surface area contributed by atoms with Crippen molar-refractivity contribution in [3.63, 3.8) is 0 Å². The van der Waals surface area contributed by atoms with Gasteiger partial charge in [0.1, 0.15) is 0 Å². The van der Waals surface area contributed by atoms with Crippen molar-refractivity contribution < 1.29 is 0 Å². The van der Waals surface area contributed by atoms with Crippen LogP contribution in [0.25, 0.3) is 0 Å². The molecule has 0 aromatic carbocycles. The molecule has 0 aliphatic carbocycles. The highest BCUT2D eigenvalue weighted by Gasteiger charge is 1.88. The van der Waals surface area contributed by atoms with Crippen LogP contribution in [-0.2, 0) is 0 Å². The Morgan fingerprint density at radius 2 is 1.06 bits per heavy atom. The van der Waals surface area contributed by atoms with Crippen molar-refractivity contribution in [3.8, 4) is 0 Å². The van der Waals surface area contributed by atoms with E-state index in [4.69, 9.17) is 0 Å². The van der Waals surface area contributed by atoms with Crippen LogP contribution in [0.5, 0.6) is 0 Å². The lowest BCUT2D eigenvalue weighted by molar-refractivity contribution is 0.644. The van der Waals surface area contributed by atoms with Crippen LogP contribution in [0.15, 0.2) is 24.8 Å². The normalized spacial score (nSPS) is 11.1. The van der Waals surface area contributed by atoms with E-state index < -0.39 is 0 Å². The van der Waals surface area contributed by atoms with E-state index in [0.29, 0.717) is 0 Å². The van der Waals surface area contributed by atoms with Gasteiger partial charge in [0, 0.05) is 0 Å². The van der Waals surface area contributed by atoms with E-state index in [1.807, 2.05) is 6.08 Å². The van der Waals surface area contributed by atoms with Gasteiger partial charge in [0.15, 0.2) is 0 Å². The summed E-state index contributed by atoms with van der Waals surface area (Å²) >= 11 is 0. The van der Waals surface area contributed by atoms with Gasteiger partial charge < -0.3 is 0 Å². The van der Waals surface area contributed by atoms with E-state index in [1.54, 1.807) is 0 Å². The van der Waals surface area contributed by atoms with Crippen molar-refractivity contribution in [2.45, 2.75) is 77.0 Å².